The van der Waals surface area contributed by atoms with Gasteiger partial charge in [0.1, 0.15) is 5.82 Å². The zero-order chi connectivity index (χ0) is 13.1. The van der Waals surface area contributed by atoms with Crippen LogP contribution in [0.5, 0.6) is 0 Å². The molecule has 1 aromatic rings. The van der Waals surface area contributed by atoms with Crippen molar-refractivity contribution in [3.8, 4) is 0 Å². The highest BCUT2D eigenvalue weighted by Crippen LogP contribution is 2.19. The van der Waals surface area contributed by atoms with Crippen molar-refractivity contribution >= 4 is 31.8 Å². The van der Waals surface area contributed by atoms with E-state index in [1.54, 1.807) is 6.07 Å². The van der Waals surface area contributed by atoms with Gasteiger partial charge in [-0.15, -0.1) is 0 Å². The summed E-state index contributed by atoms with van der Waals surface area (Å²) in [6.45, 7) is 4.05. The summed E-state index contributed by atoms with van der Waals surface area (Å²) in [5, 5.41) is 0. The van der Waals surface area contributed by atoms with Crippen molar-refractivity contribution < 1.29 is 12.8 Å². The van der Waals surface area contributed by atoms with Crippen LogP contribution in [0.4, 0.5) is 10.1 Å². The highest BCUT2D eigenvalue weighted by molar-refractivity contribution is 9.10. The number of anilines is 1. The lowest BCUT2D eigenvalue weighted by atomic mass is 10.2. The summed E-state index contributed by atoms with van der Waals surface area (Å²) in [5.74, 6) is -0.448. The Morgan fingerprint density at radius 3 is 2.59 bits per heavy atom. The molecule has 0 heterocycles. The average molecular weight is 325 g/mol. The molecule has 0 amide bonds. The Morgan fingerprint density at radius 2 is 2.06 bits per heavy atom. The third-order valence-corrected chi connectivity index (χ3v) is 3.39. The van der Waals surface area contributed by atoms with Crippen LogP contribution in [-0.2, 0) is 10.2 Å². The van der Waals surface area contributed by atoms with E-state index >= 15 is 0 Å². The SMILES string of the molecule is CC(C)CNS(=O)(=O)Nc1ccc(Br)cc1F. The predicted octanol–water partition coefficient (Wildman–Crippen LogP) is 2.49. The van der Waals surface area contributed by atoms with Gasteiger partial charge in [-0.25, -0.2) is 4.39 Å². The molecule has 17 heavy (non-hydrogen) atoms. The van der Waals surface area contributed by atoms with E-state index in [9.17, 15) is 12.8 Å². The maximum Gasteiger partial charge on any atom is 0.299 e. The first kappa shape index (κ1) is 14.4. The maximum absolute atomic E-state index is 13.4. The molecule has 2 N–H and O–H groups in total. The fraction of sp³-hybridized carbons (Fsp3) is 0.400. The van der Waals surface area contributed by atoms with Gasteiger partial charge in [0.15, 0.2) is 0 Å². The fourth-order valence-corrected chi connectivity index (χ4v) is 2.44. The van der Waals surface area contributed by atoms with E-state index in [1.807, 2.05) is 13.8 Å². The second kappa shape index (κ2) is 5.79. The van der Waals surface area contributed by atoms with E-state index in [0.717, 1.165) is 0 Å². The zero-order valence-electron chi connectivity index (χ0n) is 9.50. The number of benzene rings is 1. The molecule has 0 aliphatic heterocycles. The molecule has 0 saturated carbocycles. The fourth-order valence-electron chi connectivity index (χ4n) is 1.03. The Morgan fingerprint density at radius 1 is 1.41 bits per heavy atom. The van der Waals surface area contributed by atoms with Crippen LogP contribution in [0, 0.1) is 11.7 Å². The van der Waals surface area contributed by atoms with Gasteiger partial charge in [0.2, 0.25) is 0 Å². The van der Waals surface area contributed by atoms with E-state index in [1.165, 1.54) is 12.1 Å². The number of halogens is 2. The highest BCUT2D eigenvalue weighted by Gasteiger charge is 2.12. The third kappa shape index (κ3) is 5.01. The summed E-state index contributed by atoms with van der Waals surface area (Å²) < 4.78 is 41.5. The largest absolute Gasteiger partial charge is 0.299 e. The number of hydrogen-bond donors (Lipinski definition) is 2. The lowest BCUT2D eigenvalue weighted by molar-refractivity contribution is 0.563. The van der Waals surface area contributed by atoms with Crippen molar-refractivity contribution in [1.82, 2.24) is 4.72 Å². The van der Waals surface area contributed by atoms with Crippen LogP contribution in [0.25, 0.3) is 0 Å². The van der Waals surface area contributed by atoms with Crippen LogP contribution in [0.15, 0.2) is 22.7 Å². The Hall–Kier alpha value is -0.660. The van der Waals surface area contributed by atoms with E-state index in [-0.39, 0.29) is 11.6 Å². The Bertz CT molecular complexity index is 491. The van der Waals surface area contributed by atoms with Gasteiger partial charge in [-0.05, 0) is 24.1 Å². The number of nitrogens with one attached hydrogen (secondary N) is 2. The van der Waals surface area contributed by atoms with Gasteiger partial charge in [0.05, 0.1) is 5.69 Å². The van der Waals surface area contributed by atoms with Crippen molar-refractivity contribution in [2.75, 3.05) is 11.3 Å². The minimum Gasteiger partial charge on any atom is -0.268 e. The first-order valence-electron chi connectivity index (χ1n) is 5.02. The standard InChI is InChI=1S/C10H14BrFN2O2S/c1-7(2)6-13-17(15,16)14-10-4-3-8(11)5-9(10)12/h3-5,7,13-14H,6H2,1-2H3. The van der Waals surface area contributed by atoms with Crippen molar-refractivity contribution in [1.29, 1.82) is 0 Å². The summed E-state index contributed by atoms with van der Waals surface area (Å²) in [6, 6.07) is 4.11. The van der Waals surface area contributed by atoms with Gasteiger partial charge in [0.25, 0.3) is 10.2 Å². The van der Waals surface area contributed by atoms with Crippen molar-refractivity contribution in [2.24, 2.45) is 5.92 Å². The van der Waals surface area contributed by atoms with Gasteiger partial charge in [-0.2, -0.15) is 13.1 Å². The third-order valence-electron chi connectivity index (χ3n) is 1.86. The molecular formula is C10H14BrFN2O2S. The topological polar surface area (TPSA) is 58.2 Å². The average Bonchev–Trinajstić information content (AvgIpc) is 2.20. The molecule has 0 radical (unpaired) electrons. The van der Waals surface area contributed by atoms with E-state index in [2.05, 4.69) is 25.4 Å². The van der Waals surface area contributed by atoms with E-state index in [4.69, 9.17) is 0 Å². The molecule has 0 aromatic heterocycles. The van der Waals surface area contributed by atoms with Crippen LogP contribution >= 0.6 is 15.9 Å². The second-order valence-corrected chi connectivity index (χ2v) is 6.39. The summed E-state index contributed by atoms with van der Waals surface area (Å²) in [4.78, 5) is 0. The lowest BCUT2D eigenvalue weighted by Crippen LogP contribution is -2.33. The predicted molar refractivity (Wildman–Crippen MR) is 69.5 cm³/mol. The molecule has 4 nitrogen and oxygen atoms in total. The van der Waals surface area contributed by atoms with Gasteiger partial charge in [-0.1, -0.05) is 29.8 Å². The first-order valence-corrected chi connectivity index (χ1v) is 7.30. The van der Waals surface area contributed by atoms with Crippen molar-refractivity contribution in [2.45, 2.75) is 13.8 Å². The van der Waals surface area contributed by atoms with Gasteiger partial charge < -0.3 is 0 Å². The minimum atomic E-state index is -3.72. The van der Waals surface area contributed by atoms with Crippen LogP contribution in [0.2, 0.25) is 0 Å². The molecule has 0 saturated heterocycles. The smallest absolute Gasteiger partial charge is 0.268 e. The van der Waals surface area contributed by atoms with Crippen molar-refractivity contribution in [3.05, 3.63) is 28.5 Å². The quantitative estimate of drug-likeness (QED) is 0.874. The highest BCUT2D eigenvalue weighted by atomic mass is 79.9. The van der Waals surface area contributed by atoms with Crippen LogP contribution in [0.1, 0.15) is 13.8 Å². The second-order valence-electron chi connectivity index (χ2n) is 3.97. The summed E-state index contributed by atoms with van der Waals surface area (Å²) in [6.07, 6.45) is 0. The Balaban J connectivity index is 2.76. The molecule has 7 heteroatoms. The first-order chi connectivity index (χ1) is 7.80. The van der Waals surface area contributed by atoms with Gasteiger partial charge in [-0.3, -0.25) is 4.72 Å². The molecule has 0 bridgehead atoms. The molecule has 0 aliphatic rings. The molecule has 1 rings (SSSR count). The Labute approximate surface area is 109 Å². The number of hydrogen-bond acceptors (Lipinski definition) is 2. The Kier molecular flexibility index (Phi) is 4.91. The van der Waals surface area contributed by atoms with E-state index < -0.39 is 16.0 Å². The van der Waals surface area contributed by atoms with Gasteiger partial charge >= 0.3 is 0 Å². The molecule has 0 aliphatic carbocycles. The molecule has 0 atom stereocenters. The molecule has 96 valence electrons. The molecule has 1 aromatic carbocycles. The molecule has 0 spiro atoms. The summed E-state index contributed by atoms with van der Waals surface area (Å²) in [7, 11) is -3.72. The summed E-state index contributed by atoms with van der Waals surface area (Å²) >= 11 is 3.09. The lowest BCUT2D eigenvalue weighted by Gasteiger charge is -2.11. The number of rotatable bonds is 5. The van der Waals surface area contributed by atoms with Crippen LogP contribution in [-0.4, -0.2) is 15.0 Å². The molecule has 0 fully saturated rings. The van der Waals surface area contributed by atoms with Crippen LogP contribution < -0.4 is 9.44 Å². The zero-order valence-corrected chi connectivity index (χ0v) is 11.9. The molecular weight excluding hydrogens is 311 g/mol. The molecule has 0 unspecified atom stereocenters. The monoisotopic (exact) mass is 324 g/mol. The normalized spacial score (nSPS) is 11.8. The van der Waals surface area contributed by atoms with Gasteiger partial charge in [0, 0.05) is 11.0 Å². The van der Waals surface area contributed by atoms with Crippen LogP contribution in [0.3, 0.4) is 0 Å². The minimum absolute atomic E-state index is 0.0792. The van der Waals surface area contributed by atoms with E-state index in [0.29, 0.717) is 11.0 Å². The van der Waals surface area contributed by atoms with Crippen molar-refractivity contribution in [3.63, 3.8) is 0 Å². The summed E-state index contributed by atoms with van der Waals surface area (Å²) in [5.41, 5.74) is -0.0792. The maximum atomic E-state index is 13.4.